The highest BCUT2D eigenvalue weighted by Gasteiger charge is 2.17. The summed E-state index contributed by atoms with van der Waals surface area (Å²) in [5, 5.41) is 2.22. The summed E-state index contributed by atoms with van der Waals surface area (Å²) in [5.74, 6) is 0.206. The van der Waals surface area contributed by atoms with E-state index >= 15 is 0 Å². The average Bonchev–Trinajstić information content (AvgIpc) is 2.58. The summed E-state index contributed by atoms with van der Waals surface area (Å²) in [4.78, 5) is 15.1. The van der Waals surface area contributed by atoms with E-state index in [-0.39, 0.29) is 5.91 Å². The van der Waals surface area contributed by atoms with Crippen LogP contribution in [0.3, 0.4) is 0 Å². The third-order valence-electron chi connectivity index (χ3n) is 4.66. The van der Waals surface area contributed by atoms with Crippen LogP contribution in [0.15, 0.2) is 42.5 Å². The minimum atomic E-state index is 0.206. The first-order valence-electron chi connectivity index (χ1n) is 8.63. The third-order valence-corrected chi connectivity index (χ3v) is 4.66. The molecular formula is C20H25NO. The lowest BCUT2D eigenvalue weighted by Crippen LogP contribution is -2.33. The average molecular weight is 295 g/mol. The summed E-state index contributed by atoms with van der Waals surface area (Å²) in [6.45, 7) is 1.81. The minimum absolute atomic E-state index is 0.206. The second-order valence-corrected chi connectivity index (χ2v) is 6.29. The van der Waals surface area contributed by atoms with Gasteiger partial charge in [-0.05, 0) is 29.7 Å². The molecule has 1 saturated heterocycles. The Kier molecular flexibility index (Phi) is 5.10. The predicted molar refractivity (Wildman–Crippen MR) is 92.2 cm³/mol. The molecule has 1 aliphatic rings. The molecule has 22 heavy (non-hydrogen) atoms. The normalized spacial score (nSPS) is 17.4. The lowest BCUT2D eigenvalue weighted by atomic mass is 10.0. The maximum absolute atomic E-state index is 13.0. The van der Waals surface area contributed by atoms with Gasteiger partial charge in [-0.15, -0.1) is 0 Å². The zero-order valence-electron chi connectivity index (χ0n) is 13.3. The standard InChI is InChI=1S/C20H25NO/c22-20(21-15-8-4-2-1-3-5-9-16-21)19-14-10-12-17-11-6-7-13-18(17)19/h6-7,10-14H,1-5,8-9,15-16H2. The Morgan fingerprint density at radius 3 is 2.05 bits per heavy atom. The van der Waals surface area contributed by atoms with E-state index < -0.39 is 0 Å². The van der Waals surface area contributed by atoms with Crippen LogP contribution in [0.5, 0.6) is 0 Å². The molecule has 2 aromatic rings. The van der Waals surface area contributed by atoms with Crippen LogP contribution in [-0.2, 0) is 0 Å². The Hall–Kier alpha value is -1.83. The van der Waals surface area contributed by atoms with Crippen molar-refractivity contribution < 1.29 is 4.79 Å². The molecule has 0 unspecified atom stereocenters. The van der Waals surface area contributed by atoms with Gasteiger partial charge in [-0.25, -0.2) is 0 Å². The number of rotatable bonds is 1. The van der Waals surface area contributed by atoms with Crippen LogP contribution < -0.4 is 0 Å². The molecule has 116 valence electrons. The fourth-order valence-electron chi connectivity index (χ4n) is 3.39. The van der Waals surface area contributed by atoms with Crippen LogP contribution in [0.1, 0.15) is 55.3 Å². The van der Waals surface area contributed by atoms with Crippen molar-refractivity contribution in [1.29, 1.82) is 0 Å². The molecule has 1 heterocycles. The van der Waals surface area contributed by atoms with Crippen molar-refractivity contribution in [2.45, 2.75) is 44.9 Å². The molecule has 0 aliphatic carbocycles. The van der Waals surface area contributed by atoms with Crippen molar-refractivity contribution in [3.05, 3.63) is 48.0 Å². The molecule has 0 bridgehead atoms. The second kappa shape index (κ2) is 7.44. The van der Waals surface area contributed by atoms with Gasteiger partial charge < -0.3 is 4.90 Å². The Morgan fingerprint density at radius 1 is 0.727 bits per heavy atom. The number of nitrogens with zero attached hydrogens (tertiary/aromatic N) is 1. The van der Waals surface area contributed by atoms with Crippen LogP contribution in [0.4, 0.5) is 0 Å². The number of carbonyl (C=O) groups is 1. The van der Waals surface area contributed by atoms with Crippen LogP contribution in [0, 0.1) is 0 Å². The molecular weight excluding hydrogens is 270 g/mol. The van der Waals surface area contributed by atoms with Gasteiger partial charge in [0, 0.05) is 18.7 Å². The van der Waals surface area contributed by atoms with Crippen LogP contribution in [0.25, 0.3) is 10.8 Å². The van der Waals surface area contributed by atoms with Crippen LogP contribution in [-0.4, -0.2) is 23.9 Å². The molecule has 0 aromatic heterocycles. The second-order valence-electron chi connectivity index (χ2n) is 6.29. The lowest BCUT2D eigenvalue weighted by molar-refractivity contribution is 0.0749. The van der Waals surface area contributed by atoms with Gasteiger partial charge in [0.15, 0.2) is 0 Å². The number of hydrogen-bond acceptors (Lipinski definition) is 1. The van der Waals surface area contributed by atoms with E-state index in [2.05, 4.69) is 23.1 Å². The molecule has 0 spiro atoms. The molecule has 0 saturated carbocycles. The van der Waals surface area contributed by atoms with E-state index in [1.807, 2.05) is 24.3 Å². The lowest BCUT2D eigenvalue weighted by Gasteiger charge is -2.24. The quantitative estimate of drug-likeness (QED) is 0.723. The summed E-state index contributed by atoms with van der Waals surface area (Å²) in [6.07, 6.45) is 8.76. The molecule has 2 heteroatoms. The summed E-state index contributed by atoms with van der Waals surface area (Å²) in [6, 6.07) is 14.2. The van der Waals surface area contributed by atoms with Crippen molar-refractivity contribution >= 4 is 16.7 Å². The van der Waals surface area contributed by atoms with Gasteiger partial charge in [0.05, 0.1) is 0 Å². The Morgan fingerprint density at radius 2 is 1.32 bits per heavy atom. The number of amides is 1. The molecule has 0 atom stereocenters. The van der Waals surface area contributed by atoms with E-state index in [9.17, 15) is 4.79 Å². The van der Waals surface area contributed by atoms with E-state index in [1.54, 1.807) is 0 Å². The zero-order valence-corrected chi connectivity index (χ0v) is 13.3. The van der Waals surface area contributed by atoms with Crippen molar-refractivity contribution in [3.8, 4) is 0 Å². The first-order valence-corrected chi connectivity index (χ1v) is 8.63. The number of carbonyl (C=O) groups excluding carboxylic acids is 1. The maximum atomic E-state index is 13.0. The van der Waals surface area contributed by atoms with E-state index in [0.29, 0.717) is 0 Å². The Balaban J connectivity index is 1.83. The number of fused-ring (bicyclic) bond motifs is 1. The van der Waals surface area contributed by atoms with Gasteiger partial charge in [0.2, 0.25) is 0 Å². The van der Waals surface area contributed by atoms with E-state index in [1.165, 1.54) is 32.1 Å². The summed E-state index contributed by atoms with van der Waals surface area (Å²) >= 11 is 0. The highest BCUT2D eigenvalue weighted by atomic mass is 16.2. The fraction of sp³-hybridized carbons (Fsp3) is 0.450. The topological polar surface area (TPSA) is 20.3 Å². The van der Waals surface area contributed by atoms with Crippen molar-refractivity contribution in [3.63, 3.8) is 0 Å². The molecule has 1 fully saturated rings. The Labute approximate surface area is 133 Å². The van der Waals surface area contributed by atoms with Gasteiger partial charge in [-0.3, -0.25) is 4.79 Å². The van der Waals surface area contributed by atoms with Crippen molar-refractivity contribution in [1.82, 2.24) is 4.90 Å². The van der Waals surface area contributed by atoms with Crippen molar-refractivity contribution in [2.75, 3.05) is 13.1 Å². The highest BCUT2D eigenvalue weighted by molar-refractivity contribution is 6.07. The molecule has 1 aliphatic heterocycles. The smallest absolute Gasteiger partial charge is 0.254 e. The van der Waals surface area contributed by atoms with Crippen molar-refractivity contribution in [2.24, 2.45) is 0 Å². The monoisotopic (exact) mass is 295 g/mol. The molecule has 2 nitrogen and oxygen atoms in total. The van der Waals surface area contributed by atoms with E-state index in [4.69, 9.17) is 0 Å². The summed E-state index contributed by atoms with van der Waals surface area (Å²) < 4.78 is 0. The first-order chi connectivity index (χ1) is 10.9. The van der Waals surface area contributed by atoms with Crippen LogP contribution in [0.2, 0.25) is 0 Å². The number of benzene rings is 2. The van der Waals surface area contributed by atoms with Gasteiger partial charge in [0.25, 0.3) is 5.91 Å². The highest BCUT2D eigenvalue weighted by Crippen LogP contribution is 2.21. The van der Waals surface area contributed by atoms with Gasteiger partial charge in [-0.2, -0.15) is 0 Å². The zero-order chi connectivity index (χ0) is 15.2. The SMILES string of the molecule is O=C(c1cccc2ccccc12)N1CCCCCCCCC1. The third kappa shape index (κ3) is 3.49. The Bertz CT molecular complexity index is 619. The molecule has 0 radical (unpaired) electrons. The molecule has 3 rings (SSSR count). The van der Waals surface area contributed by atoms with Gasteiger partial charge >= 0.3 is 0 Å². The van der Waals surface area contributed by atoms with Crippen LogP contribution >= 0.6 is 0 Å². The minimum Gasteiger partial charge on any atom is -0.339 e. The fourth-order valence-corrected chi connectivity index (χ4v) is 3.39. The summed E-state index contributed by atoms with van der Waals surface area (Å²) in [5.41, 5.74) is 0.857. The molecule has 2 aromatic carbocycles. The maximum Gasteiger partial charge on any atom is 0.254 e. The van der Waals surface area contributed by atoms with Gasteiger partial charge in [-0.1, -0.05) is 68.5 Å². The van der Waals surface area contributed by atoms with Gasteiger partial charge in [0.1, 0.15) is 0 Å². The number of hydrogen-bond donors (Lipinski definition) is 0. The largest absolute Gasteiger partial charge is 0.339 e. The molecule has 0 N–H and O–H groups in total. The van der Waals surface area contributed by atoms with E-state index in [0.717, 1.165) is 42.3 Å². The molecule has 1 amide bonds. The first kappa shape index (κ1) is 15.1. The predicted octanol–water partition coefficient (Wildman–Crippen LogP) is 5.03. The summed E-state index contributed by atoms with van der Waals surface area (Å²) in [7, 11) is 0.